The predicted octanol–water partition coefficient (Wildman–Crippen LogP) is 1.52. The highest BCUT2D eigenvalue weighted by Crippen LogP contribution is 2.03. The molecule has 0 spiro atoms. The van der Waals surface area contributed by atoms with E-state index in [4.69, 9.17) is 5.26 Å². The summed E-state index contributed by atoms with van der Waals surface area (Å²) in [7, 11) is 0. The average molecular weight is 259 g/mol. The van der Waals surface area contributed by atoms with Crippen molar-refractivity contribution < 1.29 is 0 Å². The molecule has 0 aliphatic rings. The van der Waals surface area contributed by atoms with E-state index in [1.165, 1.54) is 0 Å². The molecule has 0 bridgehead atoms. The maximum absolute atomic E-state index is 8.54. The highest BCUT2D eigenvalue weighted by Gasteiger charge is 1.98. The molecule has 1 aromatic rings. The lowest BCUT2D eigenvalue weighted by atomic mass is 10.4. The number of rotatable bonds is 1. The monoisotopic (exact) mass is 259 g/mol. The van der Waals surface area contributed by atoms with Gasteiger partial charge in [0.25, 0.3) is 0 Å². The van der Waals surface area contributed by atoms with Crippen LogP contribution in [0.3, 0.4) is 0 Å². The smallest absolute Gasteiger partial charge is 0.145 e. The van der Waals surface area contributed by atoms with E-state index < -0.39 is 0 Å². The predicted molar refractivity (Wildman–Crippen MR) is 48.8 cm³/mol. The summed E-state index contributed by atoms with van der Waals surface area (Å²) in [5.41, 5.74) is 0.446. The van der Waals surface area contributed by atoms with Crippen molar-refractivity contribution in [3.8, 4) is 6.07 Å². The van der Waals surface area contributed by atoms with Crippen LogP contribution in [-0.4, -0.2) is 9.97 Å². The van der Waals surface area contributed by atoms with Crippen molar-refractivity contribution in [3.05, 3.63) is 21.3 Å². The molecule has 0 amide bonds. The number of nitrogens with zero attached hydrogens (tertiary/aromatic N) is 3. The summed E-state index contributed by atoms with van der Waals surface area (Å²) in [5.74, 6) is 0.730. The molecule has 1 heterocycles. The molecule has 0 saturated heterocycles. The fourth-order valence-electron chi connectivity index (χ4n) is 0.680. The zero-order chi connectivity index (χ0) is 8.27. The van der Waals surface area contributed by atoms with E-state index in [9.17, 15) is 0 Å². The minimum absolute atomic E-state index is 0.446. The zero-order valence-corrected chi connectivity index (χ0v) is 8.16. The molecule has 4 heteroatoms. The molecule has 3 nitrogen and oxygen atoms in total. The summed E-state index contributed by atoms with van der Waals surface area (Å²) in [6.07, 6.45) is 0.769. The summed E-state index contributed by atoms with van der Waals surface area (Å²) < 4.78 is 0.825. The lowest BCUT2D eigenvalue weighted by molar-refractivity contribution is 0.917. The van der Waals surface area contributed by atoms with E-state index in [-0.39, 0.29) is 0 Å². The summed E-state index contributed by atoms with van der Waals surface area (Å²) in [6.45, 7) is 1.96. The third-order valence-electron chi connectivity index (χ3n) is 1.17. The molecule has 0 aliphatic heterocycles. The lowest BCUT2D eigenvalue weighted by Crippen LogP contribution is -1.97. The van der Waals surface area contributed by atoms with Crippen LogP contribution in [0, 0.1) is 15.0 Å². The van der Waals surface area contributed by atoms with Gasteiger partial charge in [-0.1, -0.05) is 6.92 Å². The maximum atomic E-state index is 8.54. The van der Waals surface area contributed by atoms with Gasteiger partial charge >= 0.3 is 0 Å². The zero-order valence-electron chi connectivity index (χ0n) is 6.00. The molecule has 0 aliphatic carbocycles. The Balaban J connectivity index is 3.15. The van der Waals surface area contributed by atoms with E-state index in [2.05, 4.69) is 32.6 Å². The van der Waals surface area contributed by atoms with Crippen LogP contribution >= 0.6 is 22.6 Å². The summed E-state index contributed by atoms with van der Waals surface area (Å²) >= 11 is 2.08. The van der Waals surface area contributed by atoms with E-state index in [1.54, 1.807) is 6.07 Å². The van der Waals surface area contributed by atoms with E-state index in [0.29, 0.717) is 5.69 Å². The third-order valence-corrected chi connectivity index (χ3v) is 1.72. The van der Waals surface area contributed by atoms with Crippen molar-refractivity contribution in [2.24, 2.45) is 0 Å². The second-order valence-corrected chi connectivity index (χ2v) is 3.06. The molecule has 0 saturated carbocycles. The van der Waals surface area contributed by atoms with Gasteiger partial charge in [-0.05, 0) is 22.6 Å². The fraction of sp³-hybridized carbons (Fsp3) is 0.286. The van der Waals surface area contributed by atoms with Gasteiger partial charge in [-0.3, -0.25) is 0 Å². The molecule has 0 radical (unpaired) electrons. The van der Waals surface area contributed by atoms with E-state index in [1.807, 2.05) is 13.0 Å². The van der Waals surface area contributed by atoms with Crippen molar-refractivity contribution in [1.29, 1.82) is 5.26 Å². The molecule has 0 atom stereocenters. The minimum atomic E-state index is 0.446. The topological polar surface area (TPSA) is 49.6 Å². The van der Waals surface area contributed by atoms with Crippen LogP contribution in [0.25, 0.3) is 0 Å². The van der Waals surface area contributed by atoms with Crippen LogP contribution in [-0.2, 0) is 6.42 Å². The lowest BCUT2D eigenvalue weighted by Gasteiger charge is -1.95. The van der Waals surface area contributed by atoms with Crippen LogP contribution in [0.4, 0.5) is 0 Å². The number of hydrogen-bond acceptors (Lipinski definition) is 3. The molecular formula is C7H6IN3. The van der Waals surface area contributed by atoms with Gasteiger partial charge in [-0.15, -0.1) is 0 Å². The standard InChI is InChI=1S/C7H6IN3/c1-2-7-10-5(4-9)3-6(8)11-7/h3H,2H2,1H3. The molecule has 1 rings (SSSR count). The molecule has 56 valence electrons. The molecule has 0 aromatic carbocycles. The van der Waals surface area contributed by atoms with Crippen molar-refractivity contribution in [2.45, 2.75) is 13.3 Å². The van der Waals surface area contributed by atoms with Gasteiger partial charge in [0, 0.05) is 12.5 Å². The quantitative estimate of drug-likeness (QED) is 0.567. The van der Waals surface area contributed by atoms with E-state index in [0.717, 1.165) is 15.9 Å². The van der Waals surface area contributed by atoms with Gasteiger partial charge in [-0.25, -0.2) is 9.97 Å². The summed E-state index contributed by atoms with van der Waals surface area (Å²) in [4.78, 5) is 8.12. The Hall–Kier alpha value is -0.700. The summed E-state index contributed by atoms with van der Waals surface area (Å²) in [5, 5.41) is 8.54. The van der Waals surface area contributed by atoms with Crippen LogP contribution in [0.2, 0.25) is 0 Å². The van der Waals surface area contributed by atoms with Crippen LogP contribution in [0.5, 0.6) is 0 Å². The second-order valence-electron chi connectivity index (χ2n) is 1.96. The third kappa shape index (κ3) is 2.12. The van der Waals surface area contributed by atoms with Crippen molar-refractivity contribution in [2.75, 3.05) is 0 Å². The Morgan fingerprint density at radius 1 is 1.64 bits per heavy atom. The van der Waals surface area contributed by atoms with Crippen molar-refractivity contribution in [1.82, 2.24) is 9.97 Å². The average Bonchev–Trinajstić information content (AvgIpc) is 2.03. The summed E-state index contributed by atoms with van der Waals surface area (Å²) in [6, 6.07) is 3.65. The van der Waals surface area contributed by atoms with Gasteiger partial charge in [-0.2, -0.15) is 5.26 Å². The van der Waals surface area contributed by atoms with Gasteiger partial charge in [0.2, 0.25) is 0 Å². The number of halogens is 1. The number of nitriles is 1. The SMILES string of the molecule is CCc1nc(I)cc(C#N)n1. The first kappa shape index (κ1) is 8.40. The fourth-order valence-corrected chi connectivity index (χ4v) is 1.25. The molecule has 0 N–H and O–H groups in total. The number of aromatic nitrogens is 2. The van der Waals surface area contributed by atoms with Gasteiger partial charge < -0.3 is 0 Å². The second kappa shape index (κ2) is 3.62. The first-order valence-corrected chi connectivity index (χ1v) is 4.27. The highest BCUT2D eigenvalue weighted by molar-refractivity contribution is 14.1. The van der Waals surface area contributed by atoms with Gasteiger partial charge in [0.1, 0.15) is 21.3 Å². The van der Waals surface area contributed by atoms with Crippen LogP contribution in [0.1, 0.15) is 18.4 Å². The first-order valence-electron chi connectivity index (χ1n) is 3.20. The van der Waals surface area contributed by atoms with Crippen LogP contribution in [0.15, 0.2) is 6.07 Å². The van der Waals surface area contributed by atoms with E-state index >= 15 is 0 Å². The number of aryl methyl sites for hydroxylation is 1. The Kier molecular flexibility index (Phi) is 2.76. The Morgan fingerprint density at radius 3 is 2.91 bits per heavy atom. The molecular weight excluding hydrogens is 253 g/mol. The Morgan fingerprint density at radius 2 is 2.36 bits per heavy atom. The minimum Gasteiger partial charge on any atom is -0.227 e. The Bertz CT molecular complexity index is 303. The molecule has 0 fully saturated rings. The normalized spacial score (nSPS) is 9.18. The van der Waals surface area contributed by atoms with Gasteiger partial charge in [0.15, 0.2) is 0 Å². The number of hydrogen-bond donors (Lipinski definition) is 0. The van der Waals surface area contributed by atoms with Crippen LogP contribution < -0.4 is 0 Å². The largest absolute Gasteiger partial charge is 0.227 e. The first-order chi connectivity index (χ1) is 5.26. The molecule has 11 heavy (non-hydrogen) atoms. The van der Waals surface area contributed by atoms with Crippen molar-refractivity contribution in [3.63, 3.8) is 0 Å². The molecule has 1 aromatic heterocycles. The maximum Gasteiger partial charge on any atom is 0.145 e. The Labute approximate surface area is 78.6 Å². The van der Waals surface area contributed by atoms with Gasteiger partial charge in [0.05, 0.1) is 0 Å². The molecule has 0 unspecified atom stereocenters. The highest BCUT2D eigenvalue weighted by atomic mass is 127. The van der Waals surface area contributed by atoms with Crippen molar-refractivity contribution >= 4 is 22.6 Å².